The molecule has 1 rings (SSSR count). The molecule has 18 heavy (non-hydrogen) atoms. The summed E-state index contributed by atoms with van der Waals surface area (Å²) in [5.41, 5.74) is 8.26. The van der Waals surface area contributed by atoms with Crippen LogP contribution in [0.1, 0.15) is 37.3 Å². The van der Waals surface area contributed by atoms with E-state index in [9.17, 15) is 4.79 Å². The van der Waals surface area contributed by atoms with E-state index in [0.717, 1.165) is 25.7 Å². The van der Waals surface area contributed by atoms with E-state index >= 15 is 0 Å². The van der Waals surface area contributed by atoms with Crippen molar-refractivity contribution in [3.63, 3.8) is 0 Å². The largest absolute Gasteiger partial charge is 0.481 e. The molecule has 0 spiro atoms. The molecule has 0 amide bonds. The molecule has 3 N–H and O–H groups in total. The Morgan fingerprint density at radius 2 is 1.78 bits per heavy atom. The monoisotopic (exact) mass is 271 g/mol. The number of aryl methyl sites for hydroxylation is 1. The number of carbonyl (C=O) groups is 1. The molecule has 0 aromatic heterocycles. The fourth-order valence-corrected chi connectivity index (χ4v) is 1.82. The van der Waals surface area contributed by atoms with Crippen LogP contribution in [0.5, 0.6) is 0 Å². The number of unbranched alkanes of at least 4 members (excludes halogenated alkanes) is 1. The molecule has 0 aliphatic heterocycles. The molecule has 3 nitrogen and oxygen atoms in total. The smallest absolute Gasteiger partial charge is 0.303 e. The van der Waals surface area contributed by atoms with Gasteiger partial charge in [-0.05, 0) is 43.7 Å². The standard InChI is InChI=1S/C14H21NO2.ClH/c1-11(15)10-13-8-6-12(7-9-13)4-2-3-5-14(16)17;/h6-9,11H,2-5,10,15H2,1H3,(H,16,17);1H. The summed E-state index contributed by atoms with van der Waals surface area (Å²) in [6, 6.07) is 8.62. The first-order valence-electron chi connectivity index (χ1n) is 6.13. The molecular formula is C14H22ClNO2. The van der Waals surface area contributed by atoms with Crippen LogP contribution in [-0.2, 0) is 17.6 Å². The van der Waals surface area contributed by atoms with Gasteiger partial charge in [0.1, 0.15) is 0 Å². The van der Waals surface area contributed by atoms with E-state index < -0.39 is 5.97 Å². The van der Waals surface area contributed by atoms with E-state index in [2.05, 4.69) is 24.3 Å². The van der Waals surface area contributed by atoms with E-state index in [4.69, 9.17) is 10.8 Å². The van der Waals surface area contributed by atoms with Crippen LogP contribution >= 0.6 is 12.4 Å². The second-order valence-electron chi connectivity index (χ2n) is 4.60. The molecule has 4 heteroatoms. The summed E-state index contributed by atoms with van der Waals surface area (Å²) in [5.74, 6) is -0.711. The third kappa shape index (κ3) is 7.30. The zero-order valence-electron chi connectivity index (χ0n) is 10.8. The summed E-state index contributed by atoms with van der Waals surface area (Å²) in [7, 11) is 0. The number of halogens is 1. The molecule has 0 aliphatic carbocycles. The van der Waals surface area contributed by atoms with Gasteiger partial charge in [-0.1, -0.05) is 24.3 Å². The van der Waals surface area contributed by atoms with Gasteiger partial charge in [0, 0.05) is 12.5 Å². The molecule has 1 atom stereocenters. The average Bonchev–Trinajstić information content (AvgIpc) is 2.25. The highest BCUT2D eigenvalue weighted by Gasteiger charge is 2.00. The fraction of sp³-hybridized carbons (Fsp3) is 0.500. The van der Waals surface area contributed by atoms with Crippen molar-refractivity contribution < 1.29 is 9.90 Å². The van der Waals surface area contributed by atoms with Crippen LogP contribution in [0.3, 0.4) is 0 Å². The van der Waals surface area contributed by atoms with Crippen molar-refractivity contribution in [3.8, 4) is 0 Å². The highest BCUT2D eigenvalue weighted by atomic mass is 35.5. The second-order valence-corrected chi connectivity index (χ2v) is 4.60. The Morgan fingerprint density at radius 3 is 2.28 bits per heavy atom. The highest BCUT2D eigenvalue weighted by molar-refractivity contribution is 5.85. The molecule has 0 saturated carbocycles. The Balaban J connectivity index is 0.00000289. The number of aliphatic carboxylic acids is 1. The number of carboxylic acid groups (broad SMARTS) is 1. The zero-order valence-corrected chi connectivity index (χ0v) is 11.6. The lowest BCUT2D eigenvalue weighted by atomic mass is 10.0. The number of carboxylic acids is 1. The van der Waals surface area contributed by atoms with Crippen molar-refractivity contribution in [2.75, 3.05) is 0 Å². The topological polar surface area (TPSA) is 63.3 Å². The number of hydrogen-bond donors (Lipinski definition) is 2. The van der Waals surface area contributed by atoms with Crippen LogP contribution in [0, 0.1) is 0 Å². The number of nitrogens with two attached hydrogens (primary N) is 1. The SMILES string of the molecule is CC(N)Cc1ccc(CCCCC(=O)O)cc1.Cl. The minimum Gasteiger partial charge on any atom is -0.481 e. The number of hydrogen-bond acceptors (Lipinski definition) is 2. The molecule has 102 valence electrons. The van der Waals surface area contributed by atoms with E-state index in [1.54, 1.807) is 0 Å². The third-order valence-electron chi connectivity index (χ3n) is 2.69. The first kappa shape index (κ1) is 16.9. The van der Waals surface area contributed by atoms with E-state index in [1.165, 1.54) is 11.1 Å². The quantitative estimate of drug-likeness (QED) is 0.750. The van der Waals surface area contributed by atoms with Gasteiger partial charge in [0.25, 0.3) is 0 Å². The lowest BCUT2D eigenvalue weighted by Crippen LogP contribution is -2.17. The number of rotatable bonds is 7. The maximum atomic E-state index is 10.3. The van der Waals surface area contributed by atoms with Gasteiger partial charge in [0.15, 0.2) is 0 Å². The van der Waals surface area contributed by atoms with Gasteiger partial charge in [0.05, 0.1) is 0 Å². The van der Waals surface area contributed by atoms with Crippen molar-refractivity contribution in [1.29, 1.82) is 0 Å². The Morgan fingerprint density at radius 1 is 1.22 bits per heavy atom. The molecule has 1 aromatic rings. The van der Waals surface area contributed by atoms with Crippen molar-refractivity contribution in [3.05, 3.63) is 35.4 Å². The lowest BCUT2D eigenvalue weighted by molar-refractivity contribution is -0.137. The Bertz CT molecular complexity index is 349. The van der Waals surface area contributed by atoms with Crippen LogP contribution < -0.4 is 5.73 Å². The van der Waals surface area contributed by atoms with Crippen LogP contribution in [-0.4, -0.2) is 17.1 Å². The first-order chi connectivity index (χ1) is 8.08. The van der Waals surface area contributed by atoms with Crippen molar-refractivity contribution in [1.82, 2.24) is 0 Å². The maximum absolute atomic E-state index is 10.3. The summed E-state index contributed by atoms with van der Waals surface area (Å²) >= 11 is 0. The summed E-state index contributed by atoms with van der Waals surface area (Å²) in [5, 5.41) is 8.52. The van der Waals surface area contributed by atoms with E-state index in [0.29, 0.717) is 0 Å². The van der Waals surface area contributed by atoms with Crippen molar-refractivity contribution in [2.24, 2.45) is 5.73 Å². The normalized spacial score (nSPS) is 11.7. The highest BCUT2D eigenvalue weighted by Crippen LogP contribution is 2.10. The zero-order chi connectivity index (χ0) is 12.7. The number of benzene rings is 1. The average molecular weight is 272 g/mol. The minimum atomic E-state index is -0.711. The Labute approximate surface area is 115 Å². The molecule has 0 saturated heterocycles. The van der Waals surface area contributed by atoms with Crippen LogP contribution in [0.4, 0.5) is 0 Å². The van der Waals surface area contributed by atoms with Crippen LogP contribution in [0.2, 0.25) is 0 Å². The molecule has 0 fully saturated rings. The minimum absolute atomic E-state index is 0. The summed E-state index contributed by atoms with van der Waals surface area (Å²) < 4.78 is 0. The van der Waals surface area contributed by atoms with Gasteiger partial charge >= 0.3 is 5.97 Å². The van der Waals surface area contributed by atoms with Gasteiger partial charge in [-0.15, -0.1) is 12.4 Å². The fourth-order valence-electron chi connectivity index (χ4n) is 1.82. The molecule has 0 aliphatic rings. The summed E-state index contributed by atoms with van der Waals surface area (Å²) in [6.45, 7) is 2.00. The molecule has 1 aromatic carbocycles. The van der Waals surface area contributed by atoms with Crippen LogP contribution in [0.25, 0.3) is 0 Å². The molecule has 0 bridgehead atoms. The van der Waals surface area contributed by atoms with Gasteiger partial charge in [-0.2, -0.15) is 0 Å². The first-order valence-corrected chi connectivity index (χ1v) is 6.13. The van der Waals surface area contributed by atoms with Gasteiger partial charge in [0.2, 0.25) is 0 Å². The molecule has 0 radical (unpaired) electrons. The maximum Gasteiger partial charge on any atom is 0.303 e. The van der Waals surface area contributed by atoms with Gasteiger partial charge < -0.3 is 10.8 Å². The van der Waals surface area contributed by atoms with Gasteiger partial charge in [-0.3, -0.25) is 4.79 Å². The predicted octanol–water partition coefficient (Wildman–Crippen LogP) is 2.80. The van der Waals surface area contributed by atoms with Gasteiger partial charge in [-0.25, -0.2) is 0 Å². The Hall–Kier alpha value is -1.06. The molecular weight excluding hydrogens is 250 g/mol. The van der Waals surface area contributed by atoms with E-state index in [1.807, 2.05) is 6.92 Å². The molecule has 1 unspecified atom stereocenters. The summed E-state index contributed by atoms with van der Waals surface area (Å²) in [4.78, 5) is 10.3. The predicted molar refractivity (Wildman–Crippen MR) is 76.2 cm³/mol. The summed E-state index contributed by atoms with van der Waals surface area (Å²) in [6.07, 6.45) is 3.80. The Kier molecular flexibility index (Phi) is 8.42. The van der Waals surface area contributed by atoms with Crippen molar-refractivity contribution >= 4 is 18.4 Å². The van der Waals surface area contributed by atoms with Crippen LogP contribution in [0.15, 0.2) is 24.3 Å². The lowest BCUT2D eigenvalue weighted by Gasteiger charge is -2.06. The van der Waals surface area contributed by atoms with E-state index in [-0.39, 0.29) is 24.9 Å². The molecule has 0 heterocycles. The van der Waals surface area contributed by atoms with Crippen molar-refractivity contribution in [2.45, 2.75) is 45.1 Å². The second kappa shape index (κ2) is 8.95. The third-order valence-corrected chi connectivity index (χ3v) is 2.69.